The molecule has 0 atom stereocenters. The van der Waals surface area contributed by atoms with E-state index in [0.717, 1.165) is 16.5 Å². The number of hydrogen-bond donors (Lipinski definition) is 0. The number of benzene rings is 2. The lowest BCUT2D eigenvalue weighted by Gasteiger charge is -2.20. The molecule has 0 unspecified atom stereocenters. The van der Waals surface area contributed by atoms with E-state index in [9.17, 15) is 10.1 Å². The summed E-state index contributed by atoms with van der Waals surface area (Å²) in [5.74, 6) is 1.82. The van der Waals surface area contributed by atoms with Crippen LogP contribution in [0.1, 0.15) is 5.76 Å². The molecule has 1 aromatic heterocycles. The Bertz CT molecular complexity index is 1060. The van der Waals surface area contributed by atoms with Crippen LogP contribution < -0.4 is 9.47 Å². The lowest BCUT2D eigenvalue weighted by atomic mass is 10.0. The Labute approximate surface area is 147 Å². The van der Waals surface area contributed by atoms with Gasteiger partial charge in [0.15, 0.2) is 11.3 Å². The van der Waals surface area contributed by atoms with Crippen molar-refractivity contribution in [2.45, 2.75) is 6.92 Å². The zero-order valence-electron chi connectivity index (χ0n) is 13.3. The third-order valence-electron chi connectivity index (χ3n) is 4.11. The van der Waals surface area contributed by atoms with Crippen LogP contribution in [0.5, 0.6) is 11.5 Å². The van der Waals surface area contributed by atoms with E-state index in [1.807, 2.05) is 19.1 Å². The summed E-state index contributed by atoms with van der Waals surface area (Å²) in [6, 6.07) is 9.93. The molecule has 0 radical (unpaired) electrons. The van der Waals surface area contributed by atoms with Crippen molar-refractivity contribution in [1.29, 1.82) is 0 Å². The minimum absolute atomic E-state index is 0.0321. The first-order chi connectivity index (χ1) is 12.1. The molecule has 2 aromatic carbocycles. The topological polar surface area (TPSA) is 74.7 Å². The lowest BCUT2D eigenvalue weighted by Crippen LogP contribution is -2.15. The smallest absolute Gasteiger partial charge is 0.269 e. The predicted octanol–water partition coefficient (Wildman–Crippen LogP) is 4.82. The van der Waals surface area contributed by atoms with Crippen LogP contribution in [0.15, 0.2) is 40.8 Å². The Balaban J connectivity index is 1.94. The van der Waals surface area contributed by atoms with E-state index in [2.05, 4.69) is 0 Å². The molecule has 0 aliphatic carbocycles. The molecule has 0 bridgehead atoms. The zero-order chi connectivity index (χ0) is 17.6. The molecule has 1 aliphatic heterocycles. The maximum atomic E-state index is 10.8. The largest absolute Gasteiger partial charge is 0.486 e. The van der Waals surface area contributed by atoms with Gasteiger partial charge in [0, 0.05) is 23.1 Å². The molecule has 25 heavy (non-hydrogen) atoms. The summed E-state index contributed by atoms with van der Waals surface area (Å²) in [7, 11) is 0. The number of hydrogen-bond acceptors (Lipinski definition) is 6. The van der Waals surface area contributed by atoms with Crippen LogP contribution >= 0.6 is 12.2 Å². The molecule has 0 amide bonds. The first-order valence-electron chi connectivity index (χ1n) is 7.67. The third kappa shape index (κ3) is 2.53. The average Bonchev–Trinajstić information content (AvgIpc) is 2.62. The van der Waals surface area contributed by atoms with Crippen LogP contribution in [-0.4, -0.2) is 18.1 Å². The summed E-state index contributed by atoms with van der Waals surface area (Å²) >= 11 is 5.66. The Kier molecular flexibility index (Phi) is 3.65. The average molecular weight is 355 g/mol. The molecular weight excluding hydrogens is 342 g/mol. The van der Waals surface area contributed by atoms with Gasteiger partial charge in [-0.3, -0.25) is 10.1 Å². The van der Waals surface area contributed by atoms with Crippen LogP contribution in [0, 0.1) is 21.5 Å². The van der Waals surface area contributed by atoms with E-state index >= 15 is 0 Å². The van der Waals surface area contributed by atoms with E-state index in [0.29, 0.717) is 40.6 Å². The van der Waals surface area contributed by atoms with Gasteiger partial charge in [-0.15, -0.1) is 0 Å². The minimum atomic E-state index is -0.431. The monoisotopic (exact) mass is 355 g/mol. The van der Waals surface area contributed by atoms with E-state index in [1.165, 1.54) is 12.1 Å². The summed E-state index contributed by atoms with van der Waals surface area (Å²) in [6.07, 6.45) is 0. The number of nitro groups is 1. The maximum Gasteiger partial charge on any atom is 0.269 e. The van der Waals surface area contributed by atoms with Crippen molar-refractivity contribution in [3.63, 3.8) is 0 Å². The number of nitro benzene ring substituents is 1. The van der Waals surface area contributed by atoms with Crippen LogP contribution in [0.2, 0.25) is 0 Å². The van der Waals surface area contributed by atoms with Gasteiger partial charge in [0.1, 0.15) is 19.0 Å². The molecule has 6 nitrogen and oxygen atoms in total. The number of fused-ring (bicyclic) bond motifs is 3. The molecule has 3 aromatic rings. The second kappa shape index (κ2) is 5.86. The molecule has 0 saturated heterocycles. The van der Waals surface area contributed by atoms with Crippen molar-refractivity contribution < 1.29 is 18.8 Å². The van der Waals surface area contributed by atoms with Crippen LogP contribution in [0.25, 0.3) is 22.1 Å². The van der Waals surface area contributed by atoms with Crippen molar-refractivity contribution in [1.82, 2.24) is 0 Å². The van der Waals surface area contributed by atoms with Crippen molar-refractivity contribution in [2.75, 3.05) is 13.2 Å². The number of non-ortho nitro benzene ring substituents is 1. The second-order valence-corrected chi connectivity index (χ2v) is 6.04. The highest BCUT2D eigenvalue weighted by molar-refractivity contribution is 7.71. The highest BCUT2D eigenvalue weighted by atomic mass is 32.1. The third-order valence-corrected chi connectivity index (χ3v) is 4.53. The van der Waals surface area contributed by atoms with Crippen molar-refractivity contribution in [3.05, 3.63) is 56.8 Å². The Hall–Kier alpha value is -2.93. The van der Waals surface area contributed by atoms with Gasteiger partial charge in [0.25, 0.3) is 5.69 Å². The Morgan fingerprint density at radius 3 is 2.52 bits per heavy atom. The maximum absolute atomic E-state index is 10.8. The summed E-state index contributed by atoms with van der Waals surface area (Å²) in [4.78, 5) is 10.4. The lowest BCUT2D eigenvalue weighted by molar-refractivity contribution is -0.384. The van der Waals surface area contributed by atoms with Crippen LogP contribution in [-0.2, 0) is 0 Å². The number of nitrogens with zero attached hydrogens (tertiary/aromatic N) is 1. The van der Waals surface area contributed by atoms with Crippen LogP contribution in [0.4, 0.5) is 5.69 Å². The minimum Gasteiger partial charge on any atom is -0.486 e. The Morgan fingerprint density at radius 1 is 1.08 bits per heavy atom. The number of ether oxygens (including phenoxy) is 2. The standard InChI is InChI=1S/C18H13NO5S/c1-10-15(11-2-4-12(5-3-11)19(20)21)18(25)13-6-7-14-17(16(13)24-10)23-9-8-22-14/h2-7H,8-9H2,1H3. The van der Waals surface area contributed by atoms with Crippen molar-refractivity contribution in [3.8, 4) is 22.6 Å². The molecule has 126 valence electrons. The summed E-state index contributed by atoms with van der Waals surface area (Å²) < 4.78 is 17.9. The van der Waals surface area contributed by atoms with Gasteiger partial charge in [-0.2, -0.15) is 0 Å². The molecule has 0 fully saturated rings. The van der Waals surface area contributed by atoms with Gasteiger partial charge in [-0.25, -0.2) is 0 Å². The van der Waals surface area contributed by atoms with Crippen LogP contribution in [0.3, 0.4) is 0 Å². The zero-order valence-corrected chi connectivity index (χ0v) is 14.1. The van der Waals surface area contributed by atoms with Gasteiger partial charge in [0.2, 0.25) is 5.75 Å². The van der Waals surface area contributed by atoms with Gasteiger partial charge in [-0.1, -0.05) is 12.2 Å². The van der Waals surface area contributed by atoms with Crippen molar-refractivity contribution in [2.24, 2.45) is 0 Å². The number of aryl methyl sites for hydroxylation is 1. The molecule has 0 N–H and O–H groups in total. The fourth-order valence-electron chi connectivity index (χ4n) is 2.95. The fourth-order valence-corrected chi connectivity index (χ4v) is 3.38. The fraction of sp³-hybridized carbons (Fsp3) is 0.167. The van der Waals surface area contributed by atoms with Gasteiger partial charge in [0.05, 0.1) is 9.43 Å². The van der Waals surface area contributed by atoms with E-state index < -0.39 is 4.92 Å². The van der Waals surface area contributed by atoms with Crippen molar-refractivity contribution >= 4 is 28.9 Å². The highest BCUT2D eigenvalue weighted by Gasteiger charge is 2.20. The molecule has 7 heteroatoms. The molecule has 0 saturated carbocycles. The summed E-state index contributed by atoms with van der Waals surface area (Å²) in [5.41, 5.74) is 2.11. The number of rotatable bonds is 2. The second-order valence-electron chi connectivity index (χ2n) is 5.63. The predicted molar refractivity (Wildman–Crippen MR) is 94.9 cm³/mol. The molecule has 1 aliphatic rings. The van der Waals surface area contributed by atoms with E-state index in [4.69, 9.17) is 26.1 Å². The Morgan fingerprint density at radius 2 is 1.80 bits per heavy atom. The SMILES string of the molecule is Cc1oc2c3c(ccc2c(=S)c1-c1ccc([N+](=O)[O-])cc1)OCCO3. The summed E-state index contributed by atoms with van der Waals surface area (Å²) in [5, 5.41) is 11.6. The molecule has 2 heterocycles. The van der Waals surface area contributed by atoms with Gasteiger partial charge in [-0.05, 0) is 36.8 Å². The van der Waals surface area contributed by atoms with E-state index in [-0.39, 0.29) is 5.69 Å². The quantitative estimate of drug-likeness (QED) is 0.373. The van der Waals surface area contributed by atoms with E-state index in [1.54, 1.807) is 12.1 Å². The summed E-state index contributed by atoms with van der Waals surface area (Å²) in [6.45, 7) is 2.77. The van der Waals surface area contributed by atoms with Gasteiger partial charge < -0.3 is 13.9 Å². The molecular formula is C18H13NO5S. The molecule has 4 rings (SSSR count). The first kappa shape index (κ1) is 15.6. The normalized spacial score (nSPS) is 13.0. The van der Waals surface area contributed by atoms with Gasteiger partial charge >= 0.3 is 0 Å². The molecule has 0 spiro atoms. The first-order valence-corrected chi connectivity index (χ1v) is 8.08. The highest BCUT2D eigenvalue weighted by Crippen LogP contribution is 2.41.